The van der Waals surface area contributed by atoms with Crippen molar-refractivity contribution in [3.8, 4) is 17.2 Å². The molecule has 0 aromatic heterocycles. The highest BCUT2D eigenvalue weighted by Gasteiger charge is 2.15. The Morgan fingerprint density at radius 2 is 1.62 bits per heavy atom. The van der Waals surface area contributed by atoms with Crippen molar-refractivity contribution in [1.29, 1.82) is 0 Å². The van der Waals surface area contributed by atoms with Crippen molar-refractivity contribution in [2.45, 2.75) is 26.7 Å². The fraction of sp³-hybridized carbons (Fsp3) is 0.400. The van der Waals surface area contributed by atoms with E-state index in [-0.39, 0.29) is 23.2 Å². The first-order valence-electron chi connectivity index (χ1n) is 4.19. The molecule has 3 heteroatoms. The molecule has 1 aromatic carbocycles. The van der Waals surface area contributed by atoms with Crippen LogP contribution in [0.2, 0.25) is 0 Å². The number of benzene rings is 1. The third kappa shape index (κ3) is 1.54. The molecule has 1 aromatic rings. The van der Waals surface area contributed by atoms with Gasteiger partial charge in [-0.2, -0.15) is 0 Å². The van der Waals surface area contributed by atoms with Crippen LogP contribution < -0.4 is 0 Å². The average Bonchev–Trinajstić information content (AvgIpc) is 1.99. The van der Waals surface area contributed by atoms with Gasteiger partial charge < -0.3 is 15.3 Å². The second kappa shape index (κ2) is 3.17. The van der Waals surface area contributed by atoms with Crippen LogP contribution in [0.4, 0.5) is 0 Å². The smallest absolute Gasteiger partial charge is 0.161 e. The van der Waals surface area contributed by atoms with Crippen molar-refractivity contribution in [3.63, 3.8) is 0 Å². The first-order chi connectivity index (χ1) is 5.95. The summed E-state index contributed by atoms with van der Waals surface area (Å²) in [5.74, 6) is -0.282. The summed E-state index contributed by atoms with van der Waals surface area (Å²) in [5.41, 5.74) is 1.21. The van der Waals surface area contributed by atoms with Gasteiger partial charge in [-0.3, -0.25) is 0 Å². The summed E-state index contributed by atoms with van der Waals surface area (Å²) in [4.78, 5) is 0. The highest BCUT2D eigenvalue weighted by atomic mass is 16.3. The van der Waals surface area contributed by atoms with Crippen molar-refractivity contribution in [1.82, 2.24) is 0 Å². The average molecular weight is 182 g/mol. The van der Waals surface area contributed by atoms with Crippen LogP contribution in [-0.4, -0.2) is 15.3 Å². The zero-order valence-electron chi connectivity index (χ0n) is 8.00. The van der Waals surface area contributed by atoms with E-state index in [4.69, 9.17) is 0 Å². The molecule has 0 fully saturated rings. The lowest BCUT2D eigenvalue weighted by Gasteiger charge is -2.14. The molecule has 0 amide bonds. The number of phenols is 3. The molecule has 0 heterocycles. The Morgan fingerprint density at radius 1 is 1.08 bits per heavy atom. The van der Waals surface area contributed by atoms with Crippen molar-refractivity contribution >= 4 is 0 Å². The molecule has 3 nitrogen and oxygen atoms in total. The van der Waals surface area contributed by atoms with Crippen LogP contribution in [-0.2, 0) is 0 Å². The minimum atomic E-state index is -0.278. The zero-order chi connectivity index (χ0) is 10.2. The van der Waals surface area contributed by atoms with E-state index < -0.39 is 0 Å². The van der Waals surface area contributed by atoms with Gasteiger partial charge in [-0.25, -0.2) is 0 Å². The van der Waals surface area contributed by atoms with Gasteiger partial charge in [-0.05, 0) is 12.8 Å². The fourth-order valence-electron chi connectivity index (χ4n) is 1.52. The lowest BCUT2D eigenvalue weighted by molar-refractivity contribution is 0.390. The Morgan fingerprint density at radius 3 is 2.08 bits per heavy atom. The summed E-state index contributed by atoms with van der Waals surface area (Å²) in [5, 5.41) is 28.1. The molecule has 0 unspecified atom stereocenters. The standard InChI is InChI=1S/C10H14O3/c1-5(2)9-6(3)10(13)8(12)4-7(9)11/h4-5,11-13H,1-3H3. The summed E-state index contributed by atoms with van der Waals surface area (Å²) in [6, 6.07) is 1.16. The van der Waals surface area contributed by atoms with Crippen molar-refractivity contribution in [2.75, 3.05) is 0 Å². The molecule has 0 aliphatic rings. The highest BCUT2D eigenvalue weighted by molar-refractivity contribution is 5.55. The molecule has 0 aliphatic heterocycles. The minimum absolute atomic E-state index is 0.0304. The van der Waals surface area contributed by atoms with Crippen LogP contribution in [0, 0.1) is 6.92 Å². The Hall–Kier alpha value is -1.38. The van der Waals surface area contributed by atoms with Gasteiger partial charge in [0.1, 0.15) is 5.75 Å². The molecule has 0 radical (unpaired) electrons. The van der Waals surface area contributed by atoms with Gasteiger partial charge in [0.05, 0.1) is 0 Å². The van der Waals surface area contributed by atoms with Gasteiger partial charge in [-0.1, -0.05) is 13.8 Å². The number of phenolic OH excluding ortho intramolecular Hbond substituents is 3. The number of hydrogen-bond acceptors (Lipinski definition) is 3. The van der Waals surface area contributed by atoms with Crippen molar-refractivity contribution in [2.24, 2.45) is 0 Å². The van der Waals surface area contributed by atoms with Gasteiger partial charge in [0.25, 0.3) is 0 Å². The molecular formula is C10H14O3. The maximum Gasteiger partial charge on any atom is 0.161 e. The fourth-order valence-corrected chi connectivity index (χ4v) is 1.52. The lowest BCUT2D eigenvalue weighted by Crippen LogP contribution is -1.93. The summed E-state index contributed by atoms with van der Waals surface area (Å²) in [6.45, 7) is 5.50. The van der Waals surface area contributed by atoms with E-state index in [1.54, 1.807) is 6.92 Å². The third-order valence-corrected chi connectivity index (χ3v) is 2.13. The summed E-state index contributed by atoms with van der Waals surface area (Å²) in [6.07, 6.45) is 0. The number of hydrogen-bond donors (Lipinski definition) is 3. The van der Waals surface area contributed by atoms with Gasteiger partial charge in [0.15, 0.2) is 11.5 Å². The molecule has 72 valence electrons. The van der Waals surface area contributed by atoms with E-state index in [2.05, 4.69) is 0 Å². The molecule has 0 spiro atoms. The largest absolute Gasteiger partial charge is 0.508 e. The van der Waals surface area contributed by atoms with Crippen molar-refractivity contribution in [3.05, 3.63) is 17.2 Å². The van der Waals surface area contributed by atoms with Crippen LogP contribution in [0.3, 0.4) is 0 Å². The number of aromatic hydroxyl groups is 3. The van der Waals surface area contributed by atoms with Crippen LogP contribution in [0.25, 0.3) is 0 Å². The topological polar surface area (TPSA) is 60.7 Å². The van der Waals surface area contributed by atoms with Gasteiger partial charge in [0.2, 0.25) is 0 Å². The molecular weight excluding hydrogens is 168 g/mol. The van der Waals surface area contributed by atoms with Crippen LogP contribution >= 0.6 is 0 Å². The predicted molar refractivity (Wildman–Crippen MR) is 50.3 cm³/mol. The quantitative estimate of drug-likeness (QED) is 0.461. The molecule has 0 aliphatic carbocycles. The van der Waals surface area contributed by atoms with Gasteiger partial charge >= 0.3 is 0 Å². The molecule has 13 heavy (non-hydrogen) atoms. The zero-order valence-corrected chi connectivity index (χ0v) is 8.00. The van der Waals surface area contributed by atoms with E-state index in [0.29, 0.717) is 11.1 Å². The first-order valence-corrected chi connectivity index (χ1v) is 4.19. The highest BCUT2D eigenvalue weighted by Crippen LogP contribution is 2.40. The second-order valence-corrected chi connectivity index (χ2v) is 3.46. The summed E-state index contributed by atoms with van der Waals surface area (Å²) >= 11 is 0. The van der Waals surface area contributed by atoms with Gasteiger partial charge in [-0.15, -0.1) is 0 Å². The Labute approximate surface area is 77.3 Å². The van der Waals surface area contributed by atoms with Gasteiger partial charge in [0, 0.05) is 17.2 Å². The number of rotatable bonds is 1. The molecule has 0 atom stereocenters. The maximum atomic E-state index is 9.50. The minimum Gasteiger partial charge on any atom is -0.508 e. The van der Waals surface area contributed by atoms with Crippen LogP contribution in [0.1, 0.15) is 30.9 Å². The van der Waals surface area contributed by atoms with E-state index in [0.717, 1.165) is 6.07 Å². The Kier molecular flexibility index (Phi) is 2.36. The molecule has 1 rings (SSSR count). The summed E-state index contributed by atoms with van der Waals surface area (Å²) in [7, 11) is 0. The van der Waals surface area contributed by atoms with Crippen molar-refractivity contribution < 1.29 is 15.3 Å². The monoisotopic (exact) mass is 182 g/mol. The van der Waals surface area contributed by atoms with Crippen LogP contribution in [0.5, 0.6) is 17.2 Å². The lowest BCUT2D eigenvalue weighted by atomic mass is 9.96. The summed E-state index contributed by atoms with van der Waals surface area (Å²) < 4.78 is 0. The third-order valence-electron chi connectivity index (χ3n) is 2.13. The Bertz CT molecular complexity index is 329. The van der Waals surface area contributed by atoms with Crippen LogP contribution in [0.15, 0.2) is 6.07 Å². The van der Waals surface area contributed by atoms with E-state index in [9.17, 15) is 15.3 Å². The normalized spacial score (nSPS) is 10.8. The van der Waals surface area contributed by atoms with E-state index in [1.165, 1.54) is 0 Å². The predicted octanol–water partition coefficient (Wildman–Crippen LogP) is 2.24. The molecule has 0 saturated heterocycles. The molecule has 3 N–H and O–H groups in total. The van der Waals surface area contributed by atoms with E-state index in [1.807, 2.05) is 13.8 Å². The SMILES string of the molecule is Cc1c(O)c(O)cc(O)c1C(C)C. The molecule has 0 saturated carbocycles. The first kappa shape index (κ1) is 9.71. The Balaban J connectivity index is 3.44. The second-order valence-electron chi connectivity index (χ2n) is 3.46. The molecule has 0 bridgehead atoms. The van der Waals surface area contributed by atoms with E-state index >= 15 is 0 Å². The maximum absolute atomic E-state index is 9.50.